The first-order chi connectivity index (χ1) is 20.3. The SMILES string of the molecule is COc1nc(-c2cccc(-c3cccc(NC(=O)c4ccnn(C)c4=O)c3C)c2Cl)cnc1CNC1CCCCC1O. The van der Waals surface area contributed by atoms with Gasteiger partial charge in [0.2, 0.25) is 5.88 Å². The molecule has 10 nitrogen and oxygen atoms in total. The lowest BCUT2D eigenvalue weighted by Gasteiger charge is -2.28. The number of aromatic nitrogens is 4. The van der Waals surface area contributed by atoms with E-state index in [0.717, 1.165) is 47.1 Å². The van der Waals surface area contributed by atoms with Crippen LogP contribution in [0.2, 0.25) is 5.02 Å². The lowest BCUT2D eigenvalue weighted by atomic mass is 9.92. The number of aliphatic hydroxyl groups excluding tert-OH is 1. The summed E-state index contributed by atoms with van der Waals surface area (Å²) in [7, 11) is 3.04. The van der Waals surface area contributed by atoms with E-state index in [1.807, 2.05) is 37.3 Å². The minimum absolute atomic E-state index is 0.00146. The van der Waals surface area contributed by atoms with Crippen molar-refractivity contribution in [2.45, 2.75) is 51.3 Å². The van der Waals surface area contributed by atoms with Crippen LogP contribution in [0.25, 0.3) is 22.4 Å². The summed E-state index contributed by atoms with van der Waals surface area (Å²) >= 11 is 6.97. The molecule has 11 heteroatoms. The molecule has 4 aromatic rings. The Balaban J connectivity index is 1.41. The molecule has 3 N–H and O–H groups in total. The third-order valence-corrected chi connectivity index (χ3v) is 8.07. The summed E-state index contributed by atoms with van der Waals surface area (Å²) in [5.41, 5.74) is 4.30. The summed E-state index contributed by atoms with van der Waals surface area (Å²) in [5, 5.41) is 20.9. The van der Waals surface area contributed by atoms with E-state index in [1.54, 1.807) is 19.4 Å². The number of carbonyl (C=O) groups is 1. The molecule has 2 aromatic carbocycles. The summed E-state index contributed by atoms with van der Waals surface area (Å²) in [6.45, 7) is 2.31. The molecule has 1 saturated carbocycles. The highest BCUT2D eigenvalue weighted by molar-refractivity contribution is 6.36. The standard InChI is InChI=1S/C31H33ClN6O4/c1-18-19(8-7-12-23(18)36-29(40)22-14-15-35-38(2)31(22)41)20-9-6-10-21(28(20)32)25-16-34-26(30(37-25)42-3)17-33-24-11-4-5-13-27(24)39/h6-10,12,14-16,24,27,33,39H,4-5,11,13,17H2,1-3H3,(H,36,40). The molecule has 2 atom stereocenters. The van der Waals surface area contributed by atoms with Crippen molar-refractivity contribution >= 4 is 23.2 Å². The number of amides is 1. The zero-order chi connectivity index (χ0) is 29.8. The molecule has 0 aliphatic heterocycles. The van der Waals surface area contributed by atoms with Crippen molar-refractivity contribution in [3.8, 4) is 28.3 Å². The fraction of sp³-hybridized carbons (Fsp3) is 0.323. The van der Waals surface area contributed by atoms with Crippen LogP contribution < -0.4 is 20.9 Å². The normalized spacial score (nSPS) is 16.7. The number of aliphatic hydroxyl groups is 1. The largest absolute Gasteiger partial charge is 0.480 e. The van der Waals surface area contributed by atoms with E-state index in [4.69, 9.17) is 21.3 Å². The van der Waals surface area contributed by atoms with Crippen LogP contribution in [0.4, 0.5) is 5.69 Å². The third-order valence-electron chi connectivity index (χ3n) is 7.66. The van der Waals surface area contributed by atoms with Gasteiger partial charge in [-0.25, -0.2) is 9.67 Å². The van der Waals surface area contributed by atoms with Gasteiger partial charge in [-0.1, -0.05) is 54.8 Å². The number of nitrogens with one attached hydrogen (secondary N) is 2. The zero-order valence-electron chi connectivity index (χ0n) is 23.7. The van der Waals surface area contributed by atoms with Crippen LogP contribution in [0.1, 0.15) is 47.3 Å². The molecule has 0 spiro atoms. The van der Waals surface area contributed by atoms with Crippen LogP contribution in [0, 0.1) is 6.92 Å². The average Bonchev–Trinajstić information content (AvgIpc) is 2.99. The number of hydrogen-bond acceptors (Lipinski definition) is 8. The molecular formula is C31H33ClN6O4. The van der Waals surface area contributed by atoms with Crippen LogP contribution in [-0.4, -0.2) is 50.0 Å². The van der Waals surface area contributed by atoms with Gasteiger partial charge in [0.25, 0.3) is 11.5 Å². The van der Waals surface area contributed by atoms with Crippen LogP contribution in [-0.2, 0) is 13.6 Å². The minimum atomic E-state index is -0.520. The Kier molecular flexibility index (Phi) is 8.96. The summed E-state index contributed by atoms with van der Waals surface area (Å²) in [6, 6.07) is 12.6. The van der Waals surface area contributed by atoms with Crippen molar-refractivity contribution in [1.29, 1.82) is 0 Å². The fourth-order valence-corrected chi connectivity index (χ4v) is 5.58. The Morgan fingerprint density at radius 3 is 2.64 bits per heavy atom. The van der Waals surface area contributed by atoms with E-state index in [2.05, 4.69) is 20.7 Å². The van der Waals surface area contributed by atoms with Crippen LogP contribution in [0.3, 0.4) is 0 Å². The van der Waals surface area contributed by atoms with E-state index < -0.39 is 11.5 Å². The van der Waals surface area contributed by atoms with Crippen molar-refractivity contribution < 1.29 is 14.6 Å². The molecule has 2 aromatic heterocycles. The maximum atomic E-state index is 12.9. The van der Waals surface area contributed by atoms with Gasteiger partial charge in [-0.15, -0.1) is 0 Å². The molecule has 1 aliphatic rings. The van der Waals surface area contributed by atoms with Crippen molar-refractivity contribution in [3.05, 3.63) is 87.1 Å². The van der Waals surface area contributed by atoms with Crippen molar-refractivity contribution in [3.63, 3.8) is 0 Å². The Bertz CT molecular complexity index is 1670. The van der Waals surface area contributed by atoms with E-state index in [0.29, 0.717) is 40.1 Å². The van der Waals surface area contributed by atoms with Gasteiger partial charge in [0.15, 0.2) is 0 Å². The number of methoxy groups -OCH3 is 1. The topological polar surface area (TPSA) is 131 Å². The maximum absolute atomic E-state index is 12.9. The number of aryl methyl sites for hydroxylation is 1. The number of rotatable bonds is 8. The van der Waals surface area contributed by atoms with Gasteiger partial charge in [-0.05, 0) is 43.0 Å². The molecule has 42 heavy (non-hydrogen) atoms. The molecule has 1 fully saturated rings. The number of benzene rings is 2. The number of anilines is 1. The molecular weight excluding hydrogens is 556 g/mol. The van der Waals surface area contributed by atoms with Gasteiger partial charge < -0.3 is 20.5 Å². The monoisotopic (exact) mass is 588 g/mol. The van der Waals surface area contributed by atoms with Crippen LogP contribution >= 0.6 is 11.6 Å². The van der Waals surface area contributed by atoms with E-state index >= 15 is 0 Å². The number of hydrogen-bond donors (Lipinski definition) is 3. The quantitative estimate of drug-likeness (QED) is 0.274. The van der Waals surface area contributed by atoms with E-state index in [9.17, 15) is 14.7 Å². The lowest BCUT2D eigenvalue weighted by molar-refractivity contribution is 0.0899. The van der Waals surface area contributed by atoms with Crippen molar-refractivity contribution in [2.24, 2.45) is 7.05 Å². The molecule has 0 radical (unpaired) electrons. The first-order valence-corrected chi connectivity index (χ1v) is 14.2. The summed E-state index contributed by atoms with van der Waals surface area (Å²) in [6.07, 6.45) is 6.56. The highest BCUT2D eigenvalue weighted by atomic mass is 35.5. The fourth-order valence-electron chi connectivity index (χ4n) is 5.26. The second kappa shape index (κ2) is 12.8. The molecule has 1 amide bonds. The molecule has 2 heterocycles. The second-order valence-electron chi connectivity index (χ2n) is 10.3. The highest BCUT2D eigenvalue weighted by Crippen LogP contribution is 2.39. The second-order valence-corrected chi connectivity index (χ2v) is 10.7. The first-order valence-electron chi connectivity index (χ1n) is 13.8. The van der Waals surface area contributed by atoms with Gasteiger partial charge in [0, 0.05) is 42.6 Å². The number of nitrogens with zero attached hydrogens (tertiary/aromatic N) is 4. The molecule has 1 aliphatic carbocycles. The zero-order valence-corrected chi connectivity index (χ0v) is 24.5. The Labute approximate surface area is 248 Å². The first kappa shape index (κ1) is 29.4. The number of ether oxygens (including phenoxy) is 1. The summed E-state index contributed by atoms with van der Waals surface area (Å²) < 4.78 is 6.68. The van der Waals surface area contributed by atoms with Crippen LogP contribution in [0.5, 0.6) is 5.88 Å². The molecule has 0 saturated heterocycles. The molecule has 218 valence electrons. The molecule has 5 rings (SSSR count). The number of carbonyl (C=O) groups excluding carboxylic acids is 1. The highest BCUT2D eigenvalue weighted by Gasteiger charge is 2.23. The number of halogens is 1. The van der Waals surface area contributed by atoms with Crippen LogP contribution in [0.15, 0.2) is 59.7 Å². The van der Waals surface area contributed by atoms with Gasteiger partial charge in [-0.3, -0.25) is 14.6 Å². The summed E-state index contributed by atoms with van der Waals surface area (Å²) in [5.74, 6) is -0.136. The Morgan fingerprint density at radius 1 is 1.12 bits per heavy atom. The lowest BCUT2D eigenvalue weighted by Crippen LogP contribution is -2.41. The smallest absolute Gasteiger partial charge is 0.279 e. The third kappa shape index (κ3) is 6.06. The van der Waals surface area contributed by atoms with Crippen molar-refractivity contribution in [2.75, 3.05) is 12.4 Å². The van der Waals surface area contributed by atoms with Gasteiger partial charge in [-0.2, -0.15) is 5.10 Å². The van der Waals surface area contributed by atoms with E-state index in [1.165, 1.54) is 19.3 Å². The van der Waals surface area contributed by atoms with E-state index in [-0.39, 0.29) is 17.7 Å². The molecule has 0 bridgehead atoms. The predicted molar refractivity (Wildman–Crippen MR) is 162 cm³/mol. The summed E-state index contributed by atoms with van der Waals surface area (Å²) in [4.78, 5) is 34.6. The van der Waals surface area contributed by atoms with Gasteiger partial charge in [0.05, 0.1) is 30.1 Å². The average molecular weight is 589 g/mol. The predicted octanol–water partition coefficient (Wildman–Crippen LogP) is 4.52. The minimum Gasteiger partial charge on any atom is -0.480 e. The van der Waals surface area contributed by atoms with Gasteiger partial charge in [0.1, 0.15) is 11.3 Å². The Morgan fingerprint density at radius 2 is 1.86 bits per heavy atom. The van der Waals surface area contributed by atoms with Crippen molar-refractivity contribution in [1.82, 2.24) is 25.1 Å². The van der Waals surface area contributed by atoms with Gasteiger partial charge >= 0.3 is 0 Å². The Hall–Kier alpha value is -4.12. The maximum Gasteiger partial charge on any atom is 0.279 e. The molecule has 2 unspecified atom stereocenters.